The minimum absolute atomic E-state index is 0.0351. The number of carbonyl (C=O) groups excluding carboxylic acids is 1. The van der Waals surface area contributed by atoms with Gasteiger partial charge in [0.2, 0.25) is 5.91 Å². The molecule has 1 N–H and O–H groups in total. The van der Waals surface area contributed by atoms with Gasteiger partial charge >= 0.3 is 0 Å². The molecule has 3 aromatic rings. The van der Waals surface area contributed by atoms with Crippen LogP contribution in [0, 0.1) is 0 Å². The Balaban J connectivity index is 1.48. The molecular formula is C22H26N2O4. The lowest BCUT2D eigenvalue weighted by Gasteiger charge is -2.10. The number of aryl methyl sites for hydroxylation is 1. The van der Waals surface area contributed by atoms with E-state index in [1.54, 1.807) is 21.3 Å². The molecule has 0 saturated carbocycles. The van der Waals surface area contributed by atoms with Crippen LogP contribution in [0.2, 0.25) is 0 Å². The van der Waals surface area contributed by atoms with Crippen LogP contribution in [-0.2, 0) is 17.8 Å². The molecule has 0 bridgehead atoms. The average Bonchev–Trinajstić information content (AvgIpc) is 3.14. The van der Waals surface area contributed by atoms with Crippen LogP contribution in [0.5, 0.6) is 17.2 Å². The Hall–Kier alpha value is -3.15. The van der Waals surface area contributed by atoms with Crippen LogP contribution in [0.15, 0.2) is 48.7 Å². The Labute approximate surface area is 165 Å². The highest BCUT2D eigenvalue weighted by molar-refractivity contribution is 5.81. The van der Waals surface area contributed by atoms with Gasteiger partial charge < -0.3 is 24.1 Å². The maximum Gasteiger partial charge on any atom is 0.220 e. The minimum Gasteiger partial charge on any atom is -0.497 e. The van der Waals surface area contributed by atoms with E-state index in [1.165, 1.54) is 0 Å². The fraction of sp³-hybridized carbons (Fsp3) is 0.318. The number of ether oxygens (including phenoxy) is 3. The van der Waals surface area contributed by atoms with Crippen LogP contribution in [0.1, 0.15) is 12.0 Å². The van der Waals surface area contributed by atoms with Crippen molar-refractivity contribution in [3.05, 3.63) is 54.2 Å². The van der Waals surface area contributed by atoms with Gasteiger partial charge in [0.1, 0.15) is 5.75 Å². The van der Waals surface area contributed by atoms with Gasteiger partial charge in [0.25, 0.3) is 0 Å². The van der Waals surface area contributed by atoms with Crippen LogP contribution in [0.3, 0.4) is 0 Å². The zero-order valence-corrected chi connectivity index (χ0v) is 16.5. The number of fused-ring (bicyclic) bond motifs is 1. The summed E-state index contributed by atoms with van der Waals surface area (Å²) < 4.78 is 17.9. The standard InChI is InChI=1S/C22H26N2O4/c1-26-18-6-7-19-17(15-18)10-12-24(19)13-11-23-22(25)9-5-16-4-8-20(27-2)21(14-16)28-3/h4,6-8,10,12,14-15H,5,9,11,13H2,1-3H3,(H,23,25). The average molecular weight is 382 g/mol. The molecule has 0 unspecified atom stereocenters. The molecule has 0 radical (unpaired) electrons. The van der Waals surface area contributed by atoms with Gasteiger partial charge in [-0.2, -0.15) is 0 Å². The van der Waals surface area contributed by atoms with Gasteiger partial charge in [-0.05, 0) is 48.4 Å². The maximum atomic E-state index is 12.2. The Bertz CT molecular complexity index is 949. The molecule has 1 heterocycles. The van der Waals surface area contributed by atoms with E-state index >= 15 is 0 Å². The fourth-order valence-electron chi connectivity index (χ4n) is 3.20. The second kappa shape index (κ2) is 9.17. The van der Waals surface area contributed by atoms with Crippen molar-refractivity contribution in [2.45, 2.75) is 19.4 Å². The molecule has 0 aliphatic rings. The molecule has 1 aromatic heterocycles. The van der Waals surface area contributed by atoms with E-state index < -0.39 is 0 Å². The third kappa shape index (κ3) is 4.57. The van der Waals surface area contributed by atoms with Gasteiger partial charge in [0.05, 0.1) is 21.3 Å². The van der Waals surface area contributed by atoms with Crippen molar-refractivity contribution in [2.24, 2.45) is 0 Å². The summed E-state index contributed by atoms with van der Waals surface area (Å²) >= 11 is 0. The summed E-state index contributed by atoms with van der Waals surface area (Å²) in [6.07, 6.45) is 3.11. The molecule has 0 aliphatic heterocycles. The predicted octanol–water partition coefficient (Wildman–Crippen LogP) is 3.42. The summed E-state index contributed by atoms with van der Waals surface area (Å²) in [5, 5.41) is 4.11. The van der Waals surface area contributed by atoms with Crippen molar-refractivity contribution in [3.8, 4) is 17.2 Å². The first-order valence-corrected chi connectivity index (χ1v) is 9.25. The molecule has 0 fully saturated rings. The third-order valence-corrected chi connectivity index (χ3v) is 4.74. The lowest BCUT2D eigenvalue weighted by Crippen LogP contribution is -2.27. The number of methoxy groups -OCH3 is 3. The zero-order valence-electron chi connectivity index (χ0n) is 16.5. The van der Waals surface area contributed by atoms with Crippen molar-refractivity contribution in [3.63, 3.8) is 0 Å². The number of nitrogens with zero attached hydrogens (tertiary/aromatic N) is 1. The van der Waals surface area contributed by atoms with E-state index in [4.69, 9.17) is 14.2 Å². The smallest absolute Gasteiger partial charge is 0.220 e. The van der Waals surface area contributed by atoms with Gasteiger partial charge in [-0.1, -0.05) is 6.07 Å². The normalized spacial score (nSPS) is 10.7. The van der Waals surface area contributed by atoms with E-state index in [-0.39, 0.29) is 5.91 Å². The fourth-order valence-corrected chi connectivity index (χ4v) is 3.20. The van der Waals surface area contributed by atoms with E-state index in [0.717, 1.165) is 28.8 Å². The molecule has 1 amide bonds. The predicted molar refractivity (Wildman–Crippen MR) is 109 cm³/mol. The van der Waals surface area contributed by atoms with Crippen molar-refractivity contribution in [1.82, 2.24) is 9.88 Å². The molecule has 2 aromatic carbocycles. The summed E-state index contributed by atoms with van der Waals surface area (Å²) in [4.78, 5) is 12.2. The number of nitrogens with one attached hydrogen (secondary N) is 1. The number of aromatic nitrogens is 1. The highest BCUT2D eigenvalue weighted by atomic mass is 16.5. The number of rotatable bonds is 9. The van der Waals surface area contributed by atoms with E-state index in [1.807, 2.05) is 42.6 Å². The van der Waals surface area contributed by atoms with Crippen molar-refractivity contribution in [2.75, 3.05) is 27.9 Å². The second-order valence-electron chi connectivity index (χ2n) is 6.47. The third-order valence-electron chi connectivity index (χ3n) is 4.74. The van der Waals surface area contributed by atoms with Gasteiger partial charge in [-0.3, -0.25) is 4.79 Å². The maximum absolute atomic E-state index is 12.2. The number of carbonyl (C=O) groups is 1. The summed E-state index contributed by atoms with van der Waals surface area (Å²) in [6, 6.07) is 13.8. The molecular weight excluding hydrogens is 356 g/mol. The van der Waals surface area contributed by atoms with E-state index in [0.29, 0.717) is 30.9 Å². The molecule has 0 saturated heterocycles. The van der Waals surface area contributed by atoms with Gasteiger partial charge in [-0.15, -0.1) is 0 Å². The minimum atomic E-state index is 0.0351. The van der Waals surface area contributed by atoms with Gasteiger partial charge in [0, 0.05) is 36.6 Å². The van der Waals surface area contributed by atoms with Crippen LogP contribution < -0.4 is 19.5 Å². The Morgan fingerprint density at radius 3 is 2.54 bits per heavy atom. The largest absolute Gasteiger partial charge is 0.497 e. The molecule has 0 atom stereocenters. The van der Waals surface area contributed by atoms with Crippen LogP contribution in [0.25, 0.3) is 10.9 Å². The highest BCUT2D eigenvalue weighted by Crippen LogP contribution is 2.28. The van der Waals surface area contributed by atoms with E-state index in [2.05, 4.69) is 16.0 Å². The topological polar surface area (TPSA) is 61.7 Å². The Morgan fingerprint density at radius 2 is 1.79 bits per heavy atom. The molecule has 0 spiro atoms. The number of benzene rings is 2. The Morgan fingerprint density at radius 1 is 0.964 bits per heavy atom. The number of hydrogen-bond acceptors (Lipinski definition) is 4. The van der Waals surface area contributed by atoms with Gasteiger partial charge in [0.15, 0.2) is 11.5 Å². The van der Waals surface area contributed by atoms with Crippen LogP contribution in [0.4, 0.5) is 0 Å². The van der Waals surface area contributed by atoms with Crippen LogP contribution >= 0.6 is 0 Å². The van der Waals surface area contributed by atoms with Gasteiger partial charge in [-0.25, -0.2) is 0 Å². The monoisotopic (exact) mass is 382 g/mol. The summed E-state index contributed by atoms with van der Waals surface area (Å²) in [5.74, 6) is 2.24. The number of amides is 1. The first-order chi connectivity index (χ1) is 13.6. The van der Waals surface area contributed by atoms with Crippen LogP contribution in [-0.4, -0.2) is 38.3 Å². The van der Waals surface area contributed by atoms with Crippen molar-refractivity contribution in [1.29, 1.82) is 0 Å². The lowest BCUT2D eigenvalue weighted by atomic mass is 10.1. The molecule has 28 heavy (non-hydrogen) atoms. The summed E-state index contributed by atoms with van der Waals surface area (Å²) in [6.45, 7) is 1.30. The molecule has 6 heteroatoms. The second-order valence-corrected chi connectivity index (χ2v) is 6.47. The molecule has 6 nitrogen and oxygen atoms in total. The lowest BCUT2D eigenvalue weighted by molar-refractivity contribution is -0.121. The Kier molecular flexibility index (Phi) is 6.42. The summed E-state index contributed by atoms with van der Waals surface area (Å²) in [5.41, 5.74) is 2.17. The molecule has 148 valence electrons. The first kappa shape index (κ1) is 19.6. The SMILES string of the molecule is COc1ccc2c(ccn2CCNC(=O)CCc2ccc(OC)c(OC)c2)c1. The highest BCUT2D eigenvalue weighted by Gasteiger charge is 2.07. The van der Waals surface area contributed by atoms with E-state index in [9.17, 15) is 4.79 Å². The van der Waals surface area contributed by atoms with Crippen molar-refractivity contribution < 1.29 is 19.0 Å². The number of hydrogen-bond donors (Lipinski definition) is 1. The molecule has 0 aliphatic carbocycles. The van der Waals surface area contributed by atoms with Crippen molar-refractivity contribution >= 4 is 16.8 Å². The molecule has 3 rings (SSSR count). The quantitative estimate of drug-likeness (QED) is 0.616. The first-order valence-electron chi connectivity index (χ1n) is 9.25. The summed E-state index contributed by atoms with van der Waals surface area (Å²) in [7, 11) is 4.88. The zero-order chi connectivity index (χ0) is 19.9.